The van der Waals surface area contributed by atoms with E-state index in [1.54, 1.807) is 0 Å². The van der Waals surface area contributed by atoms with E-state index in [-0.39, 0.29) is 0 Å². The summed E-state index contributed by atoms with van der Waals surface area (Å²) in [5.41, 5.74) is 2.29. The van der Waals surface area contributed by atoms with Crippen LogP contribution >= 0.6 is 0 Å². The van der Waals surface area contributed by atoms with E-state index in [1.165, 1.54) is 12.0 Å². The van der Waals surface area contributed by atoms with Gasteiger partial charge in [-0.25, -0.2) is 0 Å². The zero-order valence-corrected chi connectivity index (χ0v) is 12.5. The lowest BCUT2D eigenvalue weighted by Crippen LogP contribution is -2.09. The van der Waals surface area contributed by atoms with Crippen LogP contribution < -0.4 is 0 Å². The standard InChI is InChI=1S/C17H26O3/c1-3-5-10-18-11-12-19-13-14-20-15-17-8-6-16(4-2)7-9-17/h4,6-9H,2-3,5,10-15H2,1H3. The van der Waals surface area contributed by atoms with E-state index in [2.05, 4.69) is 25.6 Å². The molecule has 0 heterocycles. The smallest absolute Gasteiger partial charge is 0.0718 e. The molecule has 0 saturated heterocycles. The number of rotatable bonds is 12. The summed E-state index contributed by atoms with van der Waals surface area (Å²) in [5.74, 6) is 0. The summed E-state index contributed by atoms with van der Waals surface area (Å²) in [6, 6.07) is 8.19. The predicted octanol–water partition coefficient (Wildman–Crippen LogP) is 3.68. The molecule has 1 aromatic carbocycles. The van der Waals surface area contributed by atoms with Gasteiger partial charge >= 0.3 is 0 Å². The van der Waals surface area contributed by atoms with E-state index in [9.17, 15) is 0 Å². The molecule has 20 heavy (non-hydrogen) atoms. The zero-order valence-electron chi connectivity index (χ0n) is 12.5. The molecule has 0 radical (unpaired) electrons. The Hall–Kier alpha value is -1.16. The molecule has 3 heteroatoms. The van der Waals surface area contributed by atoms with Crippen LogP contribution in [0.3, 0.4) is 0 Å². The van der Waals surface area contributed by atoms with Gasteiger partial charge in [0.05, 0.1) is 33.0 Å². The largest absolute Gasteiger partial charge is 0.379 e. The lowest BCUT2D eigenvalue weighted by Gasteiger charge is -2.07. The second-order valence-electron chi connectivity index (χ2n) is 4.58. The number of unbranched alkanes of at least 4 members (excludes halogenated alkanes) is 1. The molecule has 0 fully saturated rings. The second-order valence-corrected chi connectivity index (χ2v) is 4.58. The van der Waals surface area contributed by atoms with Crippen LogP contribution in [0.4, 0.5) is 0 Å². The van der Waals surface area contributed by atoms with Gasteiger partial charge in [0.15, 0.2) is 0 Å². The fraction of sp³-hybridized carbons (Fsp3) is 0.529. The molecule has 0 atom stereocenters. The van der Waals surface area contributed by atoms with Crippen molar-refractivity contribution in [2.75, 3.05) is 33.0 Å². The van der Waals surface area contributed by atoms with Crippen molar-refractivity contribution < 1.29 is 14.2 Å². The Kier molecular flexibility index (Phi) is 9.84. The third-order valence-electron chi connectivity index (χ3n) is 2.87. The lowest BCUT2D eigenvalue weighted by molar-refractivity contribution is 0.0102. The second kappa shape index (κ2) is 11.6. The third-order valence-corrected chi connectivity index (χ3v) is 2.87. The number of hydrogen-bond donors (Lipinski definition) is 0. The topological polar surface area (TPSA) is 27.7 Å². The molecule has 0 aliphatic rings. The van der Waals surface area contributed by atoms with Gasteiger partial charge < -0.3 is 14.2 Å². The first kappa shape index (κ1) is 16.9. The Bertz CT molecular complexity index is 346. The summed E-state index contributed by atoms with van der Waals surface area (Å²) in [6.07, 6.45) is 4.12. The highest BCUT2D eigenvalue weighted by Crippen LogP contribution is 2.06. The molecule has 3 nitrogen and oxygen atoms in total. The lowest BCUT2D eigenvalue weighted by atomic mass is 10.1. The average Bonchev–Trinajstić information content (AvgIpc) is 2.50. The summed E-state index contributed by atoms with van der Waals surface area (Å²) in [6.45, 7) is 9.87. The van der Waals surface area contributed by atoms with Crippen LogP contribution in [0.5, 0.6) is 0 Å². The molecule has 0 aromatic heterocycles. The fourth-order valence-electron chi connectivity index (χ4n) is 1.63. The van der Waals surface area contributed by atoms with Gasteiger partial charge in [0.1, 0.15) is 0 Å². The zero-order chi connectivity index (χ0) is 14.5. The summed E-state index contributed by atoms with van der Waals surface area (Å²) in [4.78, 5) is 0. The van der Waals surface area contributed by atoms with Gasteiger partial charge in [0.2, 0.25) is 0 Å². The Morgan fingerprint density at radius 3 is 2.10 bits per heavy atom. The molecule has 0 aliphatic carbocycles. The fourth-order valence-corrected chi connectivity index (χ4v) is 1.63. The van der Waals surface area contributed by atoms with E-state index in [0.29, 0.717) is 33.0 Å². The number of ether oxygens (including phenoxy) is 3. The molecule has 0 bridgehead atoms. The van der Waals surface area contributed by atoms with Crippen LogP contribution in [0.25, 0.3) is 6.08 Å². The maximum Gasteiger partial charge on any atom is 0.0718 e. The molecule has 0 unspecified atom stereocenters. The minimum Gasteiger partial charge on any atom is -0.379 e. The van der Waals surface area contributed by atoms with Crippen LogP contribution in [0.1, 0.15) is 30.9 Å². The Labute approximate surface area is 122 Å². The SMILES string of the molecule is C=Cc1ccc(COCCOCCOCCCC)cc1. The first-order valence-corrected chi connectivity index (χ1v) is 7.31. The summed E-state index contributed by atoms with van der Waals surface area (Å²) >= 11 is 0. The van der Waals surface area contributed by atoms with Crippen molar-refractivity contribution in [2.24, 2.45) is 0 Å². The van der Waals surface area contributed by atoms with Crippen molar-refractivity contribution in [3.8, 4) is 0 Å². The van der Waals surface area contributed by atoms with Crippen LogP contribution in [-0.2, 0) is 20.8 Å². The Morgan fingerprint density at radius 2 is 1.50 bits per heavy atom. The van der Waals surface area contributed by atoms with E-state index in [1.807, 2.05) is 18.2 Å². The van der Waals surface area contributed by atoms with E-state index in [0.717, 1.165) is 18.6 Å². The molecule has 1 aromatic rings. The summed E-state index contributed by atoms with van der Waals surface area (Å²) in [7, 11) is 0. The third kappa shape index (κ3) is 8.10. The number of hydrogen-bond acceptors (Lipinski definition) is 3. The van der Waals surface area contributed by atoms with Gasteiger partial charge in [-0.05, 0) is 17.5 Å². The summed E-state index contributed by atoms with van der Waals surface area (Å²) in [5, 5.41) is 0. The molecule has 112 valence electrons. The first-order chi connectivity index (χ1) is 9.86. The summed E-state index contributed by atoms with van der Waals surface area (Å²) < 4.78 is 16.4. The highest BCUT2D eigenvalue weighted by molar-refractivity contribution is 5.47. The van der Waals surface area contributed by atoms with Crippen molar-refractivity contribution in [2.45, 2.75) is 26.4 Å². The predicted molar refractivity (Wildman–Crippen MR) is 82.7 cm³/mol. The minimum absolute atomic E-state index is 0.609. The minimum atomic E-state index is 0.609. The highest BCUT2D eigenvalue weighted by Gasteiger charge is 1.94. The van der Waals surface area contributed by atoms with Crippen LogP contribution in [0.15, 0.2) is 30.8 Å². The molecular formula is C17H26O3. The van der Waals surface area contributed by atoms with E-state index >= 15 is 0 Å². The molecule has 0 saturated carbocycles. The highest BCUT2D eigenvalue weighted by atomic mass is 16.5. The number of benzene rings is 1. The molecule has 1 rings (SSSR count). The van der Waals surface area contributed by atoms with Crippen molar-refractivity contribution in [1.29, 1.82) is 0 Å². The van der Waals surface area contributed by atoms with E-state index in [4.69, 9.17) is 14.2 Å². The Balaban J connectivity index is 1.92. The maximum atomic E-state index is 5.55. The van der Waals surface area contributed by atoms with Crippen LogP contribution in [0.2, 0.25) is 0 Å². The molecule has 0 N–H and O–H groups in total. The quantitative estimate of drug-likeness (QED) is 0.546. The Morgan fingerprint density at radius 1 is 0.900 bits per heavy atom. The molecule has 0 spiro atoms. The maximum absolute atomic E-state index is 5.55. The van der Waals surface area contributed by atoms with Gasteiger partial charge in [-0.15, -0.1) is 0 Å². The van der Waals surface area contributed by atoms with Crippen molar-refractivity contribution in [1.82, 2.24) is 0 Å². The van der Waals surface area contributed by atoms with Crippen molar-refractivity contribution >= 4 is 6.08 Å². The van der Waals surface area contributed by atoms with Crippen LogP contribution in [-0.4, -0.2) is 33.0 Å². The first-order valence-electron chi connectivity index (χ1n) is 7.31. The normalized spacial score (nSPS) is 10.7. The monoisotopic (exact) mass is 278 g/mol. The van der Waals surface area contributed by atoms with Gasteiger partial charge in [0, 0.05) is 6.61 Å². The van der Waals surface area contributed by atoms with Crippen molar-refractivity contribution in [3.63, 3.8) is 0 Å². The van der Waals surface area contributed by atoms with Gasteiger partial charge in [-0.1, -0.05) is 50.3 Å². The van der Waals surface area contributed by atoms with E-state index < -0.39 is 0 Å². The molecular weight excluding hydrogens is 252 g/mol. The van der Waals surface area contributed by atoms with Gasteiger partial charge in [0.25, 0.3) is 0 Å². The van der Waals surface area contributed by atoms with Gasteiger partial charge in [-0.2, -0.15) is 0 Å². The average molecular weight is 278 g/mol. The molecule has 0 aliphatic heterocycles. The van der Waals surface area contributed by atoms with Gasteiger partial charge in [-0.3, -0.25) is 0 Å². The van der Waals surface area contributed by atoms with Crippen LogP contribution in [0, 0.1) is 0 Å². The molecule has 0 amide bonds. The van der Waals surface area contributed by atoms with Crippen molar-refractivity contribution in [3.05, 3.63) is 42.0 Å².